The SMILES string of the molecule is NNC(Cc1ccc(Cl)s1)C1(c2ccccc2)CCCC1. The second-order valence-electron chi connectivity index (χ2n) is 5.86. The van der Waals surface area contributed by atoms with Gasteiger partial charge in [0, 0.05) is 16.3 Å². The fourth-order valence-electron chi connectivity index (χ4n) is 3.69. The molecule has 3 rings (SSSR count). The van der Waals surface area contributed by atoms with Crippen LogP contribution in [0.1, 0.15) is 36.1 Å². The summed E-state index contributed by atoms with van der Waals surface area (Å²) in [5.74, 6) is 5.95. The van der Waals surface area contributed by atoms with E-state index in [1.807, 2.05) is 6.07 Å². The molecule has 0 radical (unpaired) electrons. The summed E-state index contributed by atoms with van der Waals surface area (Å²) in [4.78, 5) is 1.30. The van der Waals surface area contributed by atoms with Crippen LogP contribution in [0.25, 0.3) is 0 Å². The van der Waals surface area contributed by atoms with Crippen LogP contribution in [0, 0.1) is 0 Å². The summed E-state index contributed by atoms with van der Waals surface area (Å²) in [6, 6.07) is 15.2. The van der Waals surface area contributed by atoms with E-state index in [0.717, 1.165) is 10.8 Å². The van der Waals surface area contributed by atoms with Crippen LogP contribution < -0.4 is 11.3 Å². The molecular weight excluding hydrogens is 300 g/mol. The summed E-state index contributed by atoms with van der Waals surface area (Å²) in [6.45, 7) is 0. The van der Waals surface area contributed by atoms with Crippen LogP contribution >= 0.6 is 22.9 Å². The normalized spacial score (nSPS) is 18.8. The van der Waals surface area contributed by atoms with E-state index < -0.39 is 0 Å². The molecule has 0 aliphatic heterocycles. The van der Waals surface area contributed by atoms with Crippen LogP contribution in [0.2, 0.25) is 4.34 Å². The summed E-state index contributed by atoms with van der Waals surface area (Å²) in [5, 5.41) is 0. The average molecular weight is 321 g/mol. The molecule has 1 aromatic carbocycles. The van der Waals surface area contributed by atoms with Crippen LogP contribution in [0.4, 0.5) is 0 Å². The van der Waals surface area contributed by atoms with Gasteiger partial charge >= 0.3 is 0 Å². The third-order valence-electron chi connectivity index (χ3n) is 4.75. The molecule has 21 heavy (non-hydrogen) atoms. The number of benzene rings is 1. The number of thiophene rings is 1. The Kier molecular flexibility index (Phi) is 4.65. The highest BCUT2D eigenvalue weighted by Crippen LogP contribution is 2.44. The van der Waals surface area contributed by atoms with Gasteiger partial charge in [0.2, 0.25) is 0 Å². The number of nitrogens with one attached hydrogen (secondary N) is 1. The molecular formula is C17H21ClN2S. The van der Waals surface area contributed by atoms with E-state index in [-0.39, 0.29) is 11.5 Å². The molecule has 3 N–H and O–H groups in total. The summed E-state index contributed by atoms with van der Waals surface area (Å²) in [5.41, 5.74) is 4.66. The summed E-state index contributed by atoms with van der Waals surface area (Å²) in [6.07, 6.45) is 5.88. The molecule has 0 saturated heterocycles. The van der Waals surface area contributed by atoms with E-state index in [2.05, 4.69) is 41.8 Å². The van der Waals surface area contributed by atoms with Gasteiger partial charge in [-0.05, 0) is 37.0 Å². The molecule has 0 amide bonds. The molecule has 1 heterocycles. The van der Waals surface area contributed by atoms with Gasteiger partial charge in [0.05, 0.1) is 4.34 Å². The third kappa shape index (κ3) is 3.02. The zero-order valence-corrected chi connectivity index (χ0v) is 13.6. The standard InChI is InChI=1S/C17H21ClN2S/c18-16-9-8-14(21-16)12-15(20-19)17(10-4-5-11-17)13-6-2-1-3-7-13/h1-3,6-9,15,20H,4-5,10-12,19H2. The molecule has 1 aliphatic rings. The first-order chi connectivity index (χ1) is 10.2. The highest BCUT2D eigenvalue weighted by Gasteiger charge is 2.42. The van der Waals surface area contributed by atoms with Crippen LogP contribution in [0.15, 0.2) is 42.5 Å². The van der Waals surface area contributed by atoms with Gasteiger partial charge in [-0.3, -0.25) is 11.3 Å². The monoisotopic (exact) mass is 320 g/mol. The minimum absolute atomic E-state index is 0.145. The molecule has 1 unspecified atom stereocenters. The Bertz CT molecular complexity index is 575. The van der Waals surface area contributed by atoms with Crippen molar-refractivity contribution in [1.82, 2.24) is 5.43 Å². The Balaban J connectivity index is 1.91. The largest absolute Gasteiger partial charge is 0.271 e. The van der Waals surface area contributed by atoms with Gasteiger partial charge in [-0.1, -0.05) is 54.8 Å². The number of hydrazine groups is 1. The molecule has 2 aromatic rings. The highest BCUT2D eigenvalue weighted by atomic mass is 35.5. The molecule has 1 fully saturated rings. The maximum atomic E-state index is 6.07. The van der Waals surface area contributed by atoms with E-state index in [1.54, 1.807) is 11.3 Å². The van der Waals surface area contributed by atoms with Crippen molar-refractivity contribution in [3.8, 4) is 0 Å². The van der Waals surface area contributed by atoms with Gasteiger partial charge in [-0.25, -0.2) is 0 Å². The predicted molar refractivity (Wildman–Crippen MR) is 90.7 cm³/mol. The lowest BCUT2D eigenvalue weighted by atomic mass is 9.71. The van der Waals surface area contributed by atoms with Gasteiger partial charge < -0.3 is 0 Å². The average Bonchev–Trinajstić information content (AvgIpc) is 3.15. The highest BCUT2D eigenvalue weighted by molar-refractivity contribution is 7.16. The molecule has 0 spiro atoms. The second-order valence-corrected chi connectivity index (χ2v) is 7.66. The van der Waals surface area contributed by atoms with Crippen LogP contribution in [0.3, 0.4) is 0 Å². The maximum Gasteiger partial charge on any atom is 0.0931 e. The third-order valence-corrected chi connectivity index (χ3v) is 6.00. The van der Waals surface area contributed by atoms with Crippen molar-refractivity contribution in [2.45, 2.75) is 43.6 Å². The quantitative estimate of drug-likeness (QED) is 0.637. The van der Waals surface area contributed by atoms with Crippen molar-refractivity contribution in [1.29, 1.82) is 0 Å². The molecule has 1 aliphatic carbocycles. The van der Waals surface area contributed by atoms with E-state index >= 15 is 0 Å². The zero-order chi connectivity index (χ0) is 14.7. The van der Waals surface area contributed by atoms with E-state index in [1.165, 1.54) is 36.1 Å². The minimum Gasteiger partial charge on any atom is -0.271 e. The number of nitrogens with two attached hydrogens (primary N) is 1. The first-order valence-corrected chi connectivity index (χ1v) is 8.70. The van der Waals surface area contributed by atoms with Crippen molar-refractivity contribution in [3.05, 3.63) is 57.2 Å². The maximum absolute atomic E-state index is 6.07. The topological polar surface area (TPSA) is 38.0 Å². The Morgan fingerprint density at radius 1 is 1.14 bits per heavy atom. The molecule has 112 valence electrons. The van der Waals surface area contributed by atoms with Gasteiger partial charge in [-0.15, -0.1) is 11.3 Å². The lowest BCUT2D eigenvalue weighted by molar-refractivity contribution is 0.297. The first-order valence-electron chi connectivity index (χ1n) is 7.50. The summed E-state index contributed by atoms with van der Waals surface area (Å²) < 4.78 is 0.848. The smallest absolute Gasteiger partial charge is 0.0931 e. The fourth-order valence-corrected chi connectivity index (χ4v) is 4.82. The zero-order valence-electron chi connectivity index (χ0n) is 12.0. The van der Waals surface area contributed by atoms with Crippen LogP contribution in [0.5, 0.6) is 0 Å². The Labute approximate surface area is 135 Å². The molecule has 0 bridgehead atoms. The Morgan fingerprint density at radius 3 is 2.43 bits per heavy atom. The van der Waals surface area contributed by atoms with Crippen molar-refractivity contribution < 1.29 is 0 Å². The number of hydrogen-bond acceptors (Lipinski definition) is 3. The van der Waals surface area contributed by atoms with Crippen LogP contribution in [-0.4, -0.2) is 6.04 Å². The molecule has 1 saturated carbocycles. The van der Waals surface area contributed by atoms with Crippen molar-refractivity contribution in [2.75, 3.05) is 0 Å². The minimum atomic E-state index is 0.145. The summed E-state index contributed by atoms with van der Waals surface area (Å²) in [7, 11) is 0. The van der Waals surface area contributed by atoms with E-state index in [0.29, 0.717) is 0 Å². The second kappa shape index (κ2) is 6.49. The first kappa shape index (κ1) is 15.0. The predicted octanol–water partition coefficient (Wildman–Crippen LogP) is 4.29. The molecule has 1 aromatic heterocycles. The number of hydrogen-bond donors (Lipinski definition) is 2. The van der Waals surface area contributed by atoms with Gasteiger partial charge in [-0.2, -0.15) is 0 Å². The number of rotatable bonds is 5. The lowest BCUT2D eigenvalue weighted by Crippen LogP contribution is -2.51. The van der Waals surface area contributed by atoms with Crippen molar-refractivity contribution >= 4 is 22.9 Å². The van der Waals surface area contributed by atoms with Gasteiger partial charge in [0.1, 0.15) is 0 Å². The molecule has 4 heteroatoms. The number of halogens is 1. The lowest BCUT2D eigenvalue weighted by Gasteiger charge is -2.38. The van der Waals surface area contributed by atoms with Crippen molar-refractivity contribution in [2.24, 2.45) is 5.84 Å². The Hall–Kier alpha value is -0.870. The van der Waals surface area contributed by atoms with Gasteiger partial charge in [0.15, 0.2) is 0 Å². The fraction of sp³-hybridized carbons (Fsp3) is 0.412. The molecule has 2 nitrogen and oxygen atoms in total. The van der Waals surface area contributed by atoms with Gasteiger partial charge in [0.25, 0.3) is 0 Å². The van der Waals surface area contributed by atoms with Crippen molar-refractivity contribution in [3.63, 3.8) is 0 Å². The Morgan fingerprint density at radius 2 is 1.86 bits per heavy atom. The van der Waals surface area contributed by atoms with E-state index in [4.69, 9.17) is 17.4 Å². The molecule has 1 atom stereocenters. The van der Waals surface area contributed by atoms with Crippen LogP contribution in [-0.2, 0) is 11.8 Å². The van der Waals surface area contributed by atoms with E-state index in [9.17, 15) is 0 Å². The summed E-state index contributed by atoms with van der Waals surface area (Å²) >= 11 is 7.72.